The highest BCUT2D eigenvalue weighted by atomic mass is 19.4. The molecule has 4 nitrogen and oxygen atoms in total. The van der Waals surface area contributed by atoms with Crippen molar-refractivity contribution >= 4 is 5.95 Å². The molecule has 0 radical (unpaired) electrons. The maximum atomic E-state index is 12.5. The summed E-state index contributed by atoms with van der Waals surface area (Å²) in [6.07, 6.45) is 0.865. The predicted molar refractivity (Wildman–Crippen MR) is 65.5 cm³/mol. The summed E-state index contributed by atoms with van der Waals surface area (Å²) in [6.45, 7) is 0.516. The molecule has 2 atom stereocenters. The summed E-state index contributed by atoms with van der Waals surface area (Å²) in [4.78, 5) is 7.26. The van der Waals surface area contributed by atoms with Crippen LogP contribution in [0.3, 0.4) is 0 Å². The van der Waals surface area contributed by atoms with E-state index in [-0.39, 0.29) is 17.9 Å². The second-order valence-electron chi connectivity index (χ2n) is 4.85. The van der Waals surface area contributed by atoms with Gasteiger partial charge in [0.05, 0.1) is 0 Å². The summed E-state index contributed by atoms with van der Waals surface area (Å²) in [5.74, 6) is 0.277. The van der Waals surface area contributed by atoms with Gasteiger partial charge in [-0.25, -0.2) is 9.97 Å². The average Bonchev–Trinajstić information content (AvgIpc) is 2.37. The fraction of sp³-hybridized carbons (Fsp3) is 0.667. The first-order valence-corrected chi connectivity index (χ1v) is 6.36. The van der Waals surface area contributed by atoms with Gasteiger partial charge in [0.15, 0.2) is 0 Å². The van der Waals surface area contributed by atoms with Crippen LogP contribution in [-0.4, -0.2) is 22.6 Å². The minimum atomic E-state index is -4.44. The number of hydrogen-bond donors (Lipinski definition) is 2. The summed E-state index contributed by atoms with van der Waals surface area (Å²) in [5, 5.41) is 2.86. The molecule has 0 bridgehead atoms. The smallest absolute Gasteiger partial charge is 0.354 e. The molecule has 1 aromatic rings. The van der Waals surface area contributed by atoms with Crippen molar-refractivity contribution < 1.29 is 13.2 Å². The molecule has 0 aliphatic heterocycles. The molecule has 106 valence electrons. The van der Waals surface area contributed by atoms with Crippen molar-refractivity contribution in [2.24, 2.45) is 11.7 Å². The van der Waals surface area contributed by atoms with E-state index in [4.69, 9.17) is 5.73 Å². The van der Waals surface area contributed by atoms with E-state index >= 15 is 0 Å². The van der Waals surface area contributed by atoms with Gasteiger partial charge in [0.25, 0.3) is 0 Å². The predicted octanol–water partition coefficient (Wildman–Crippen LogP) is 2.42. The quantitative estimate of drug-likeness (QED) is 0.888. The zero-order chi connectivity index (χ0) is 13.9. The van der Waals surface area contributed by atoms with Crippen molar-refractivity contribution in [3.8, 4) is 0 Å². The normalized spacial score (nSPS) is 24.2. The zero-order valence-electron chi connectivity index (χ0n) is 10.5. The van der Waals surface area contributed by atoms with E-state index in [2.05, 4.69) is 15.3 Å². The van der Waals surface area contributed by atoms with Gasteiger partial charge < -0.3 is 11.1 Å². The van der Waals surface area contributed by atoms with Crippen LogP contribution in [0, 0.1) is 5.92 Å². The number of nitrogens with one attached hydrogen (secondary N) is 1. The molecule has 1 aromatic heterocycles. The van der Waals surface area contributed by atoms with Gasteiger partial charge in [0, 0.05) is 18.8 Å². The lowest BCUT2D eigenvalue weighted by Gasteiger charge is -2.28. The molecular weight excluding hydrogens is 257 g/mol. The molecule has 3 N–H and O–H groups in total. The van der Waals surface area contributed by atoms with Crippen LogP contribution in [0.15, 0.2) is 12.3 Å². The highest BCUT2D eigenvalue weighted by molar-refractivity contribution is 5.26. The van der Waals surface area contributed by atoms with Crippen molar-refractivity contribution in [3.63, 3.8) is 0 Å². The minimum Gasteiger partial charge on any atom is -0.354 e. The maximum Gasteiger partial charge on any atom is 0.433 e. The summed E-state index contributed by atoms with van der Waals surface area (Å²) in [5.41, 5.74) is 5.05. The summed E-state index contributed by atoms with van der Waals surface area (Å²) in [6, 6.07) is 0.962. The number of alkyl halides is 3. The second kappa shape index (κ2) is 5.73. The van der Waals surface area contributed by atoms with E-state index in [9.17, 15) is 13.2 Å². The molecule has 0 amide bonds. The van der Waals surface area contributed by atoms with E-state index in [1.165, 1.54) is 0 Å². The Morgan fingerprint density at radius 3 is 2.74 bits per heavy atom. The fourth-order valence-electron chi connectivity index (χ4n) is 2.31. The van der Waals surface area contributed by atoms with Crippen LogP contribution < -0.4 is 11.1 Å². The van der Waals surface area contributed by atoms with Crippen LogP contribution in [-0.2, 0) is 6.18 Å². The molecule has 2 rings (SSSR count). The Hall–Kier alpha value is -1.37. The van der Waals surface area contributed by atoms with Crippen LogP contribution in [0.1, 0.15) is 31.4 Å². The monoisotopic (exact) mass is 274 g/mol. The molecule has 1 aliphatic rings. The third-order valence-corrected chi connectivity index (χ3v) is 3.44. The highest BCUT2D eigenvalue weighted by Gasteiger charge is 2.32. The number of halogens is 3. The zero-order valence-corrected chi connectivity index (χ0v) is 10.5. The Kier molecular flexibility index (Phi) is 4.24. The van der Waals surface area contributed by atoms with Crippen LogP contribution in [0.2, 0.25) is 0 Å². The first-order valence-electron chi connectivity index (χ1n) is 6.36. The van der Waals surface area contributed by atoms with E-state index in [0.717, 1.165) is 37.9 Å². The van der Waals surface area contributed by atoms with Crippen LogP contribution in [0.4, 0.5) is 19.1 Å². The molecular formula is C12H17F3N4. The Morgan fingerprint density at radius 2 is 2.05 bits per heavy atom. The van der Waals surface area contributed by atoms with Gasteiger partial charge in [-0.2, -0.15) is 13.2 Å². The lowest BCUT2D eigenvalue weighted by atomic mass is 9.85. The fourth-order valence-corrected chi connectivity index (χ4v) is 2.31. The molecule has 1 saturated carbocycles. The second-order valence-corrected chi connectivity index (χ2v) is 4.85. The first kappa shape index (κ1) is 14.0. The number of nitrogens with two attached hydrogens (primary N) is 1. The Labute approximate surface area is 109 Å². The Bertz CT molecular complexity index is 422. The summed E-state index contributed by atoms with van der Waals surface area (Å²) < 4.78 is 37.5. The van der Waals surface area contributed by atoms with Crippen molar-refractivity contribution in [1.29, 1.82) is 0 Å². The number of anilines is 1. The topological polar surface area (TPSA) is 63.8 Å². The van der Waals surface area contributed by atoms with Gasteiger partial charge in [-0.05, 0) is 24.8 Å². The van der Waals surface area contributed by atoms with Crippen molar-refractivity contribution in [2.45, 2.75) is 37.9 Å². The highest BCUT2D eigenvalue weighted by Crippen LogP contribution is 2.28. The van der Waals surface area contributed by atoms with Gasteiger partial charge in [-0.15, -0.1) is 0 Å². The molecule has 0 saturated heterocycles. The molecule has 1 aliphatic carbocycles. The van der Waals surface area contributed by atoms with Gasteiger partial charge in [-0.1, -0.05) is 12.8 Å². The Balaban J connectivity index is 1.96. The number of aromatic nitrogens is 2. The van der Waals surface area contributed by atoms with Gasteiger partial charge >= 0.3 is 6.18 Å². The van der Waals surface area contributed by atoms with E-state index in [0.29, 0.717) is 6.54 Å². The first-order chi connectivity index (χ1) is 8.97. The standard InChI is InChI=1S/C12H17F3N4/c13-12(14,15)10-5-6-17-11(19-10)18-7-8-3-1-2-4-9(8)16/h5-6,8-9H,1-4,7,16H2,(H,17,18,19). The molecule has 0 spiro atoms. The van der Waals surface area contributed by atoms with Crippen molar-refractivity contribution in [1.82, 2.24) is 9.97 Å². The van der Waals surface area contributed by atoms with E-state index in [1.807, 2.05) is 0 Å². The van der Waals surface area contributed by atoms with Gasteiger partial charge in [0.1, 0.15) is 5.69 Å². The average molecular weight is 274 g/mol. The number of nitrogens with zero attached hydrogens (tertiary/aromatic N) is 2. The van der Waals surface area contributed by atoms with E-state index < -0.39 is 11.9 Å². The van der Waals surface area contributed by atoms with Crippen molar-refractivity contribution in [2.75, 3.05) is 11.9 Å². The van der Waals surface area contributed by atoms with Crippen LogP contribution >= 0.6 is 0 Å². The van der Waals surface area contributed by atoms with E-state index in [1.54, 1.807) is 0 Å². The third-order valence-electron chi connectivity index (χ3n) is 3.44. The number of hydrogen-bond acceptors (Lipinski definition) is 4. The summed E-state index contributed by atoms with van der Waals surface area (Å²) in [7, 11) is 0. The number of rotatable bonds is 3. The third kappa shape index (κ3) is 3.79. The maximum absolute atomic E-state index is 12.5. The molecule has 19 heavy (non-hydrogen) atoms. The lowest BCUT2D eigenvalue weighted by molar-refractivity contribution is -0.141. The molecule has 1 heterocycles. The van der Waals surface area contributed by atoms with Crippen LogP contribution in [0.5, 0.6) is 0 Å². The van der Waals surface area contributed by atoms with Gasteiger partial charge in [-0.3, -0.25) is 0 Å². The molecule has 7 heteroatoms. The summed E-state index contributed by atoms with van der Waals surface area (Å²) >= 11 is 0. The SMILES string of the molecule is NC1CCCCC1CNc1nccc(C(F)(F)F)n1. The molecule has 1 fully saturated rings. The lowest BCUT2D eigenvalue weighted by Crippen LogP contribution is -2.37. The van der Waals surface area contributed by atoms with Gasteiger partial charge in [0.2, 0.25) is 5.95 Å². The van der Waals surface area contributed by atoms with Crippen LogP contribution in [0.25, 0.3) is 0 Å². The molecule has 2 unspecified atom stereocenters. The molecule has 0 aromatic carbocycles. The Morgan fingerprint density at radius 1 is 1.32 bits per heavy atom. The largest absolute Gasteiger partial charge is 0.433 e. The van der Waals surface area contributed by atoms with Crippen molar-refractivity contribution in [3.05, 3.63) is 18.0 Å². The minimum absolute atomic E-state index is 0.00704.